The lowest BCUT2D eigenvalue weighted by molar-refractivity contribution is -0.921. The molecule has 0 aliphatic carbocycles. The highest BCUT2D eigenvalue weighted by molar-refractivity contribution is 6.01. The Morgan fingerprint density at radius 2 is 2.11 bits per heavy atom. The van der Waals surface area contributed by atoms with Crippen LogP contribution in [0.15, 0.2) is 47.8 Å². The Bertz CT molecular complexity index is 802. The van der Waals surface area contributed by atoms with Crippen molar-refractivity contribution < 1.29 is 19.2 Å². The van der Waals surface area contributed by atoms with E-state index in [1.807, 2.05) is 19.1 Å². The molecule has 0 spiro atoms. The van der Waals surface area contributed by atoms with Crippen LogP contribution < -0.4 is 15.1 Å². The normalized spacial score (nSPS) is 15.4. The number of morpholine rings is 1. The van der Waals surface area contributed by atoms with E-state index in [1.54, 1.807) is 25.4 Å². The van der Waals surface area contributed by atoms with E-state index in [0.29, 0.717) is 5.56 Å². The smallest absolute Gasteiger partial charge is 0.272 e. The number of quaternary nitrogens is 1. The average molecular weight is 369 g/mol. The Morgan fingerprint density at radius 1 is 1.30 bits per heavy atom. The molecule has 1 aliphatic rings. The van der Waals surface area contributed by atoms with Gasteiger partial charge in [-0.25, -0.2) is 5.43 Å². The van der Waals surface area contributed by atoms with Gasteiger partial charge in [0.25, 0.3) is 5.91 Å². The second-order valence-electron chi connectivity index (χ2n) is 6.45. The fourth-order valence-electron chi connectivity index (χ4n) is 3.01. The van der Waals surface area contributed by atoms with E-state index in [9.17, 15) is 4.79 Å². The SMILES string of the molecule is COc1ccc(/C(C)=N\NC(=O)c2cccnc2)cc1C[NH+]1CCOCC1. The maximum atomic E-state index is 12.1. The van der Waals surface area contributed by atoms with Crippen molar-refractivity contribution in [2.75, 3.05) is 33.4 Å². The predicted octanol–water partition coefficient (Wildman–Crippen LogP) is 0.659. The summed E-state index contributed by atoms with van der Waals surface area (Å²) in [5.41, 5.74) is 5.86. The van der Waals surface area contributed by atoms with Crippen LogP contribution in [0.1, 0.15) is 28.4 Å². The van der Waals surface area contributed by atoms with E-state index >= 15 is 0 Å². The Labute approximate surface area is 159 Å². The molecule has 3 rings (SSSR count). The van der Waals surface area contributed by atoms with Gasteiger partial charge in [-0.3, -0.25) is 9.78 Å². The van der Waals surface area contributed by atoms with Gasteiger partial charge in [0.2, 0.25) is 0 Å². The van der Waals surface area contributed by atoms with Crippen molar-refractivity contribution in [2.24, 2.45) is 5.10 Å². The molecular weight excluding hydrogens is 344 g/mol. The Hall–Kier alpha value is -2.77. The highest BCUT2D eigenvalue weighted by Gasteiger charge is 2.17. The van der Waals surface area contributed by atoms with E-state index in [1.165, 1.54) is 11.1 Å². The van der Waals surface area contributed by atoms with Crippen molar-refractivity contribution in [1.82, 2.24) is 10.4 Å². The molecule has 1 fully saturated rings. The van der Waals surface area contributed by atoms with Crippen molar-refractivity contribution in [3.05, 3.63) is 59.4 Å². The summed E-state index contributed by atoms with van der Waals surface area (Å²) in [6.45, 7) is 6.30. The Kier molecular flexibility index (Phi) is 6.51. The summed E-state index contributed by atoms with van der Waals surface area (Å²) in [5.74, 6) is 0.582. The van der Waals surface area contributed by atoms with Gasteiger partial charge in [0.1, 0.15) is 25.4 Å². The number of ether oxygens (including phenoxy) is 2. The number of hydrogen-bond donors (Lipinski definition) is 2. The fraction of sp³-hybridized carbons (Fsp3) is 0.350. The molecule has 7 nitrogen and oxygen atoms in total. The minimum atomic E-state index is -0.283. The summed E-state index contributed by atoms with van der Waals surface area (Å²) in [6, 6.07) is 9.40. The second-order valence-corrected chi connectivity index (χ2v) is 6.45. The van der Waals surface area contributed by atoms with Crippen LogP contribution in [0.3, 0.4) is 0 Å². The molecule has 1 saturated heterocycles. The van der Waals surface area contributed by atoms with Crippen LogP contribution in [0.25, 0.3) is 0 Å². The fourth-order valence-corrected chi connectivity index (χ4v) is 3.01. The van der Waals surface area contributed by atoms with Gasteiger partial charge in [0.05, 0.1) is 31.6 Å². The van der Waals surface area contributed by atoms with E-state index in [2.05, 4.69) is 21.6 Å². The average Bonchev–Trinajstić information content (AvgIpc) is 2.73. The molecule has 0 bridgehead atoms. The van der Waals surface area contributed by atoms with Gasteiger partial charge in [-0.1, -0.05) is 0 Å². The summed E-state index contributed by atoms with van der Waals surface area (Å²) in [6.07, 6.45) is 3.14. The summed E-state index contributed by atoms with van der Waals surface area (Å²) >= 11 is 0. The van der Waals surface area contributed by atoms with E-state index in [4.69, 9.17) is 9.47 Å². The van der Waals surface area contributed by atoms with Gasteiger partial charge in [-0.05, 0) is 42.8 Å². The second kappa shape index (κ2) is 9.25. The van der Waals surface area contributed by atoms with E-state index in [-0.39, 0.29) is 5.91 Å². The lowest BCUT2D eigenvalue weighted by Crippen LogP contribution is -3.12. The van der Waals surface area contributed by atoms with Gasteiger partial charge in [0.15, 0.2) is 0 Å². The molecule has 0 atom stereocenters. The number of hydrogen-bond acceptors (Lipinski definition) is 5. The Morgan fingerprint density at radius 3 is 2.81 bits per heavy atom. The number of amides is 1. The van der Waals surface area contributed by atoms with E-state index in [0.717, 1.165) is 55.4 Å². The van der Waals surface area contributed by atoms with Crippen LogP contribution >= 0.6 is 0 Å². The molecule has 7 heteroatoms. The van der Waals surface area contributed by atoms with Crippen LogP contribution in [0, 0.1) is 0 Å². The van der Waals surface area contributed by atoms with Crippen molar-refractivity contribution in [1.29, 1.82) is 0 Å². The molecule has 1 aromatic heterocycles. The predicted molar refractivity (Wildman–Crippen MR) is 102 cm³/mol. The van der Waals surface area contributed by atoms with E-state index < -0.39 is 0 Å². The summed E-state index contributed by atoms with van der Waals surface area (Å²) in [4.78, 5) is 17.5. The zero-order valence-corrected chi connectivity index (χ0v) is 15.7. The van der Waals surface area contributed by atoms with Gasteiger partial charge in [0, 0.05) is 18.0 Å². The highest BCUT2D eigenvalue weighted by Crippen LogP contribution is 2.19. The first-order valence-electron chi connectivity index (χ1n) is 9.00. The van der Waals surface area contributed by atoms with Gasteiger partial charge >= 0.3 is 0 Å². The third-order valence-electron chi connectivity index (χ3n) is 4.59. The zero-order chi connectivity index (χ0) is 19.1. The largest absolute Gasteiger partial charge is 0.496 e. The van der Waals surface area contributed by atoms with Gasteiger partial charge < -0.3 is 14.4 Å². The molecule has 1 aromatic carbocycles. The molecule has 142 valence electrons. The van der Waals surface area contributed by atoms with Crippen molar-refractivity contribution in [3.8, 4) is 5.75 Å². The molecule has 2 heterocycles. The summed E-state index contributed by atoms with van der Waals surface area (Å²) in [7, 11) is 1.68. The van der Waals surface area contributed by atoms with Crippen molar-refractivity contribution >= 4 is 11.6 Å². The zero-order valence-electron chi connectivity index (χ0n) is 15.7. The quantitative estimate of drug-likeness (QED) is 0.579. The van der Waals surface area contributed by atoms with Crippen LogP contribution in [0.5, 0.6) is 5.75 Å². The monoisotopic (exact) mass is 369 g/mol. The topological polar surface area (TPSA) is 77.2 Å². The highest BCUT2D eigenvalue weighted by atomic mass is 16.5. The summed E-state index contributed by atoms with van der Waals surface area (Å²) in [5, 5.41) is 4.24. The minimum Gasteiger partial charge on any atom is -0.496 e. The number of benzene rings is 1. The molecule has 2 N–H and O–H groups in total. The van der Waals surface area contributed by atoms with Gasteiger partial charge in [-0.15, -0.1) is 0 Å². The maximum Gasteiger partial charge on any atom is 0.272 e. The first-order chi connectivity index (χ1) is 13.2. The third kappa shape index (κ3) is 5.12. The van der Waals surface area contributed by atoms with Crippen LogP contribution in [-0.2, 0) is 11.3 Å². The maximum absolute atomic E-state index is 12.1. The number of aromatic nitrogens is 1. The number of hydrazone groups is 1. The Balaban J connectivity index is 1.72. The van der Waals surface area contributed by atoms with Crippen LogP contribution in [0.4, 0.5) is 0 Å². The number of nitrogens with one attached hydrogen (secondary N) is 2. The third-order valence-corrected chi connectivity index (χ3v) is 4.59. The molecule has 0 unspecified atom stereocenters. The lowest BCUT2D eigenvalue weighted by atomic mass is 10.1. The first-order valence-corrected chi connectivity index (χ1v) is 9.00. The number of pyridine rings is 1. The van der Waals surface area contributed by atoms with Crippen LogP contribution in [-0.4, -0.2) is 50.0 Å². The molecule has 2 aromatic rings. The number of carbonyl (C=O) groups excluding carboxylic acids is 1. The standard InChI is InChI=1S/C20H24N4O3/c1-15(22-23-20(25)17-4-3-7-21-13-17)16-5-6-19(26-2)18(12-16)14-24-8-10-27-11-9-24/h3-7,12-13H,8-11,14H2,1-2H3,(H,23,25)/p+1/b22-15-. The first kappa shape index (κ1) is 19.0. The van der Waals surface area contributed by atoms with Crippen molar-refractivity contribution in [3.63, 3.8) is 0 Å². The van der Waals surface area contributed by atoms with Crippen LogP contribution in [0.2, 0.25) is 0 Å². The van der Waals surface area contributed by atoms with Gasteiger partial charge in [-0.2, -0.15) is 5.10 Å². The summed E-state index contributed by atoms with van der Waals surface area (Å²) < 4.78 is 10.9. The number of rotatable bonds is 6. The molecule has 0 saturated carbocycles. The van der Waals surface area contributed by atoms with Crippen molar-refractivity contribution in [2.45, 2.75) is 13.5 Å². The number of nitrogens with zero attached hydrogens (tertiary/aromatic N) is 2. The number of methoxy groups -OCH3 is 1. The molecule has 1 amide bonds. The molecule has 0 radical (unpaired) electrons. The lowest BCUT2D eigenvalue weighted by Gasteiger charge is -2.24. The molecule has 1 aliphatic heterocycles. The minimum absolute atomic E-state index is 0.283. The number of carbonyl (C=O) groups is 1. The molecular formula is C20H25N4O3+. The molecule has 27 heavy (non-hydrogen) atoms.